The molecule has 2 aromatic carbocycles. The third kappa shape index (κ3) is 10.4. The van der Waals surface area contributed by atoms with Gasteiger partial charge in [0.1, 0.15) is 15.8 Å². The van der Waals surface area contributed by atoms with Gasteiger partial charge in [0.05, 0.1) is 16.2 Å². The van der Waals surface area contributed by atoms with Crippen LogP contribution in [-0.4, -0.2) is 74.6 Å². The molecule has 212 valence electrons. The molecule has 4 aliphatic heterocycles. The Kier molecular flexibility index (Phi) is 13.2. The molecule has 3 fully saturated rings. The first-order valence-electron chi connectivity index (χ1n) is 12.8. The molecule has 6 rings (SSSR count). The number of para-hydroxylation sites is 2. The predicted octanol–water partition coefficient (Wildman–Crippen LogP) is 4.17. The van der Waals surface area contributed by atoms with E-state index in [1.54, 1.807) is 42.5 Å². The smallest absolute Gasteiger partial charge is 0.286 e. The standard InChI is InChI=1S/C14H14N2O2S.C7H6O2.C4H9N.C3H3NOS2/c17-11-6-2-1-5-10(11)9-12-13(18)15-14(19-12)16-7-3-4-8-16;8-5-6-3-1-2-4-7(6)9;1-2-4-5-3-1;5-2-1-7-3(6)4-2/h1-2,5-6,9,17H,3-4,7-8H2;1-5,9H;5H,1-4H2;1H2,(H,4,5,6)/b12-9-;;;. The average molecular weight is 601 g/mol. The second kappa shape index (κ2) is 16.8. The van der Waals surface area contributed by atoms with E-state index >= 15 is 0 Å². The van der Waals surface area contributed by atoms with Gasteiger partial charge in [0, 0.05) is 18.7 Å². The Balaban J connectivity index is 0.000000173. The van der Waals surface area contributed by atoms with Crippen LogP contribution in [0.2, 0.25) is 0 Å². The number of hydrogen-bond acceptors (Lipinski definition) is 10. The van der Waals surface area contributed by atoms with E-state index in [9.17, 15) is 19.5 Å². The fourth-order valence-corrected chi connectivity index (χ4v) is 5.49. The monoisotopic (exact) mass is 600 g/mol. The van der Waals surface area contributed by atoms with Gasteiger partial charge in [-0.15, -0.1) is 0 Å². The van der Waals surface area contributed by atoms with Crippen molar-refractivity contribution in [1.29, 1.82) is 0 Å². The maximum absolute atomic E-state index is 11.9. The van der Waals surface area contributed by atoms with E-state index < -0.39 is 0 Å². The molecule has 4 aliphatic rings. The summed E-state index contributed by atoms with van der Waals surface area (Å²) in [5, 5.41) is 25.1. The minimum absolute atomic E-state index is 0.0231. The van der Waals surface area contributed by atoms with Crippen molar-refractivity contribution in [3.63, 3.8) is 0 Å². The number of thioether (sulfide) groups is 2. The molecular formula is C28H32N4O5S3. The molecule has 3 saturated heterocycles. The zero-order chi connectivity index (χ0) is 28.7. The highest BCUT2D eigenvalue weighted by atomic mass is 32.2. The second-order valence-electron chi connectivity index (χ2n) is 8.82. The Morgan fingerprint density at radius 2 is 1.50 bits per heavy atom. The Morgan fingerprint density at radius 3 is 1.93 bits per heavy atom. The third-order valence-electron chi connectivity index (χ3n) is 5.81. The minimum atomic E-state index is -0.213. The van der Waals surface area contributed by atoms with Crippen LogP contribution in [-0.2, 0) is 9.59 Å². The van der Waals surface area contributed by atoms with Gasteiger partial charge < -0.3 is 25.7 Å². The number of phenols is 2. The van der Waals surface area contributed by atoms with Crippen LogP contribution in [0.3, 0.4) is 0 Å². The fourth-order valence-electron chi connectivity index (χ4n) is 3.72. The van der Waals surface area contributed by atoms with Crippen LogP contribution in [0.25, 0.3) is 6.08 Å². The maximum atomic E-state index is 11.9. The van der Waals surface area contributed by atoms with Crippen molar-refractivity contribution in [2.75, 3.05) is 31.9 Å². The Bertz CT molecular complexity index is 1240. The third-order valence-corrected chi connectivity index (χ3v) is 8.08. The van der Waals surface area contributed by atoms with Crippen LogP contribution in [0.5, 0.6) is 11.5 Å². The quantitative estimate of drug-likeness (QED) is 0.226. The van der Waals surface area contributed by atoms with E-state index in [0.29, 0.717) is 32.4 Å². The number of nitrogens with zero attached hydrogens (tertiary/aromatic N) is 2. The molecular weight excluding hydrogens is 569 g/mol. The summed E-state index contributed by atoms with van der Waals surface area (Å²) in [6.07, 6.45) is 7.42. The molecule has 0 atom stereocenters. The number of aliphatic imine (C=N–C) groups is 1. The van der Waals surface area contributed by atoms with Gasteiger partial charge in [-0.3, -0.25) is 14.4 Å². The molecule has 40 heavy (non-hydrogen) atoms. The number of rotatable bonds is 2. The van der Waals surface area contributed by atoms with Crippen molar-refractivity contribution in [2.24, 2.45) is 4.99 Å². The summed E-state index contributed by atoms with van der Waals surface area (Å²) in [5.41, 5.74) is 0.980. The highest BCUT2D eigenvalue weighted by molar-refractivity contribution is 8.24. The number of amidine groups is 1. The lowest BCUT2D eigenvalue weighted by Gasteiger charge is -2.14. The van der Waals surface area contributed by atoms with Crippen LogP contribution in [0.15, 0.2) is 58.4 Å². The Hall–Kier alpha value is -3.19. The Labute approximate surface area is 247 Å². The molecule has 4 heterocycles. The number of nitrogens with one attached hydrogen (secondary N) is 2. The first-order valence-corrected chi connectivity index (χ1v) is 15.0. The van der Waals surface area contributed by atoms with Crippen molar-refractivity contribution in [2.45, 2.75) is 25.7 Å². The molecule has 0 aromatic heterocycles. The van der Waals surface area contributed by atoms with Gasteiger partial charge in [0.15, 0.2) is 11.5 Å². The van der Waals surface area contributed by atoms with Gasteiger partial charge in [-0.1, -0.05) is 54.3 Å². The summed E-state index contributed by atoms with van der Waals surface area (Å²) in [6.45, 7) is 4.45. The molecule has 0 spiro atoms. The van der Waals surface area contributed by atoms with E-state index in [4.69, 9.17) is 5.11 Å². The molecule has 2 amide bonds. The zero-order valence-electron chi connectivity index (χ0n) is 21.9. The van der Waals surface area contributed by atoms with Gasteiger partial charge in [-0.05, 0) is 74.8 Å². The summed E-state index contributed by atoms with van der Waals surface area (Å²) in [7, 11) is 0. The number of benzene rings is 2. The lowest BCUT2D eigenvalue weighted by molar-refractivity contribution is -0.117. The van der Waals surface area contributed by atoms with Gasteiger partial charge in [0.2, 0.25) is 5.91 Å². The highest BCUT2D eigenvalue weighted by Gasteiger charge is 2.27. The molecule has 0 unspecified atom stereocenters. The first kappa shape index (κ1) is 31.3. The van der Waals surface area contributed by atoms with Gasteiger partial charge >= 0.3 is 0 Å². The zero-order valence-corrected chi connectivity index (χ0v) is 24.3. The summed E-state index contributed by atoms with van der Waals surface area (Å²) in [5.74, 6) is 0.523. The summed E-state index contributed by atoms with van der Waals surface area (Å²) < 4.78 is 0.602. The molecule has 0 bridgehead atoms. The normalized spacial score (nSPS) is 18.6. The van der Waals surface area contributed by atoms with E-state index in [0.717, 1.165) is 31.1 Å². The lowest BCUT2D eigenvalue weighted by Crippen LogP contribution is -2.23. The molecule has 4 N–H and O–H groups in total. The number of amides is 2. The van der Waals surface area contributed by atoms with E-state index in [1.807, 2.05) is 6.07 Å². The molecule has 0 radical (unpaired) electrons. The van der Waals surface area contributed by atoms with Crippen LogP contribution in [0.4, 0.5) is 0 Å². The topological polar surface area (TPSA) is 131 Å². The lowest BCUT2D eigenvalue weighted by atomic mass is 10.2. The number of carbonyl (C=O) groups excluding carboxylic acids is 3. The molecule has 12 heteroatoms. The van der Waals surface area contributed by atoms with E-state index in [2.05, 4.69) is 32.7 Å². The highest BCUT2D eigenvalue weighted by Crippen LogP contribution is 2.33. The molecule has 9 nitrogen and oxygen atoms in total. The number of thiocarbonyl (C=S) groups is 1. The molecule has 2 aromatic rings. The number of hydrogen-bond donors (Lipinski definition) is 4. The fraction of sp³-hybridized carbons (Fsp3) is 0.321. The van der Waals surface area contributed by atoms with Crippen molar-refractivity contribution >= 4 is 69.4 Å². The van der Waals surface area contributed by atoms with Crippen molar-refractivity contribution in [3.8, 4) is 11.5 Å². The number of phenolic OH excluding ortho intramolecular Hbond substituents is 2. The average Bonchev–Trinajstić information content (AvgIpc) is 3.78. The van der Waals surface area contributed by atoms with Crippen molar-refractivity contribution < 1.29 is 24.6 Å². The van der Waals surface area contributed by atoms with Crippen molar-refractivity contribution in [1.82, 2.24) is 15.5 Å². The predicted molar refractivity (Wildman–Crippen MR) is 166 cm³/mol. The minimum Gasteiger partial charge on any atom is -0.507 e. The van der Waals surface area contributed by atoms with Crippen LogP contribution >= 0.6 is 35.7 Å². The van der Waals surface area contributed by atoms with Crippen LogP contribution in [0.1, 0.15) is 41.6 Å². The van der Waals surface area contributed by atoms with Crippen LogP contribution < -0.4 is 10.6 Å². The van der Waals surface area contributed by atoms with Crippen LogP contribution in [0, 0.1) is 0 Å². The number of aldehydes is 1. The number of likely N-dealkylation sites (tertiary alicyclic amines) is 1. The summed E-state index contributed by atoms with van der Waals surface area (Å²) in [4.78, 5) is 39.0. The largest absolute Gasteiger partial charge is 0.507 e. The summed E-state index contributed by atoms with van der Waals surface area (Å²) in [6, 6.07) is 13.4. The van der Waals surface area contributed by atoms with Gasteiger partial charge in [0.25, 0.3) is 5.91 Å². The molecule has 0 saturated carbocycles. The Morgan fingerprint density at radius 1 is 0.900 bits per heavy atom. The summed E-state index contributed by atoms with van der Waals surface area (Å²) >= 11 is 7.40. The first-order chi connectivity index (χ1) is 19.4. The second-order valence-corrected chi connectivity index (χ2v) is 11.5. The number of carbonyl (C=O) groups is 3. The van der Waals surface area contributed by atoms with E-state index in [-0.39, 0.29) is 23.3 Å². The molecule has 0 aliphatic carbocycles. The van der Waals surface area contributed by atoms with Crippen molar-refractivity contribution in [3.05, 3.63) is 64.6 Å². The van der Waals surface area contributed by atoms with Gasteiger partial charge in [-0.2, -0.15) is 4.99 Å². The van der Waals surface area contributed by atoms with Gasteiger partial charge in [-0.25, -0.2) is 0 Å². The number of aromatic hydroxyl groups is 2. The SMILES string of the molecule is C1CCNC1.O=C1CSC(=S)N1.O=C1N=C(N2CCCC2)S/C1=C\c1ccccc1O.O=Cc1ccccc1O. The van der Waals surface area contributed by atoms with E-state index in [1.165, 1.54) is 55.5 Å². The maximum Gasteiger partial charge on any atom is 0.286 e.